The number of carbonyl (C=O) groups is 1. The van der Waals surface area contributed by atoms with Crippen LogP contribution < -0.4 is 10.1 Å². The fraction of sp³-hybridized carbons (Fsp3) is 0.278. The van der Waals surface area contributed by atoms with Gasteiger partial charge in [-0.05, 0) is 70.9 Å². The Morgan fingerprint density at radius 2 is 2.04 bits per heavy atom. The molecule has 0 saturated carbocycles. The minimum absolute atomic E-state index is 0.153. The molecule has 0 unspecified atom stereocenters. The van der Waals surface area contributed by atoms with E-state index in [0.717, 1.165) is 29.7 Å². The summed E-state index contributed by atoms with van der Waals surface area (Å²) in [5.41, 5.74) is 4.02. The summed E-state index contributed by atoms with van der Waals surface area (Å²) in [6, 6.07) is 11.5. The van der Waals surface area contributed by atoms with Crippen LogP contribution in [0.25, 0.3) is 0 Å². The standard InChI is InChI=1S/C18H19BrN2O2/c1-21-8-7-12-3-4-14(9-13(12)11-21)20-18(22)16-10-15(23-2)5-6-17(16)19/h3-6,9-10H,7-8,11H2,1-2H3,(H,20,22). The number of hydrogen-bond acceptors (Lipinski definition) is 3. The molecule has 4 nitrogen and oxygen atoms in total. The largest absolute Gasteiger partial charge is 0.497 e. The van der Waals surface area contributed by atoms with Gasteiger partial charge in [0.1, 0.15) is 5.75 Å². The van der Waals surface area contributed by atoms with E-state index in [1.165, 1.54) is 11.1 Å². The Kier molecular flexibility index (Phi) is 4.68. The lowest BCUT2D eigenvalue weighted by atomic mass is 9.99. The smallest absolute Gasteiger partial charge is 0.256 e. The topological polar surface area (TPSA) is 41.6 Å². The van der Waals surface area contributed by atoms with Crippen molar-refractivity contribution in [2.45, 2.75) is 13.0 Å². The second kappa shape index (κ2) is 6.72. The number of amides is 1. The Labute approximate surface area is 144 Å². The van der Waals surface area contributed by atoms with Gasteiger partial charge < -0.3 is 15.0 Å². The third-order valence-corrected chi connectivity index (χ3v) is 4.78. The molecule has 1 heterocycles. The molecule has 0 atom stereocenters. The number of ether oxygens (including phenoxy) is 1. The third-order valence-electron chi connectivity index (χ3n) is 4.09. The van der Waals surface area contributed by atoms with Crippen LogP contribution in [0.3, 0.4) is 0 Å². The summed E-state index contributed by atoms with van der Waals surface area (Å²) in [6.45, 7) is 2.00. The molecule has 5 heteroatoms. The molecule has 0 radical (unpaired) electrons. The van der Waals surface area contributed by atoms with Crippen LogP contribution >= 0.6 is 15.9 Å². The summed E-state index contributed by atoms with van der Waals surface area (Å²) < 4.78 is 5.93. The highest BCUT2D eigenvalue weighted by molar-refractivity contribution is 9.10. The number of halogens is 1. The number of likely N-dealkylation sites (N-methyl/N-ethyl adjacent to an activating group) is 1. The number of anilines is 1. The zero-order valence-electron chi connectivity index (χ0n) is 13.2. The summed E-state index contributed by atoms with van der Waals surface area (Å²) in [5.74, 6) is 0.505. The normalized spacial score (nSPS) is 14.2. The van der Waals surface area contributed by atoms with Crippen molar-refractivity contribution in [3.8, 4) is 5.75 Å². The van der Waals surface area contributed by atoms with Crippen LogP contribution in [0.5, 0.6) is 5.75 Å². The molecule has 0 fully saturated rings. The predicted octanol–water partition coefficient (Wildman–Crippen LogP) is 3.70. The predicted molar refractivity (Wildman–Crippen MR) is 95.1 cm³/mol. The number of methoxy groups -OCH3 is 1. The first-order valence-electron chi connectivity index (χ1n) is 7.52. The van der Waals surface area contributed by atoms with Gasteiger partial charge in [0, 0.05) is 23.2 Å². The van der Waals surface area contributed by atoms with Gasteiger partial charge >= 0.3 is 0 Å². The SMILES string of the molecule is COc1ccc(Br)c(C(=O)Nc2ccc3c(c2)CN(C)CC3)c1. The minimum Gasteiger partial charge on any atom is -0.497 e. The van der Waals surface area contributed by atoms with E-state index in [2.05, 4.69) is 45.3 Å². The molecular formula is C18H19BrN2O2. The quantitative estimate of drug-likeness (QED) is 0.890. The first kappa shape index (κ1) is 16.0. The third kappa shape index (κ3) is 3.57. The highest BCUT2D eigenvalue weighted by Crippen LogP contribution is 2.25. The van der Waals surface area contributed by atoms with E-state index in [1.54, 1.807) is 13.2 Å². The van der Waals surface area contributed by atoms with Gasteiger partial charge in [-0.25, -0.2) is 0 Å². The summed E-state index contributed by atoms with van der Waals surface area (Å²) in [4.78, 5) is 14.8. The number of rotatable bonds is 3. The lowest BCUT2D eigenvalue weighted by Gasteiger charge is -2.25. The molecule has 1 N–H and O–H groups in total. The molecule has 0 spiro atoms. The van der Waals surface area contributed by atoms with Crippen LogP contribution in [0, 0.1) is 0 Å². The molecule has 2 aromatic carbocycles. The lowest BCUT2D eigenvalue weighted by Crippen LogP contribution is -2.26. The zero-order chi connectivity index (χ0) is 16.4. The molecule has 120 valence electrons. The van der Waals surface area contributed by atoms with Crippen molar-refractivity contribution in [2.24, 2.45) is 0 Å². The monoisotopic (exact) mass is 374 g/mol. The van der Waals surface area contributed by atoms with E-state index < -0.39 is 0 Å². The van der Waals surface area contributed by atoms with Crippen LogP contribution in [0.15, 0.2) is 40.9 Å². The van der Waals surface area contributed by atoms with E-state index in [0.29, 0.717) is 11.3 Å². The van der Waals surface area contributed by atoms with Gasteiger partial charge in [-0.1, -0.05) is 6.07 Å². The van der Waals surface area contributed by atoms with Crippen LogP contribution in [0.4, 0.5) is 5.69 Å². The van der Waals surface area contributed by atoms with Gasteiger partial charge in [0.2, 0.25) is 0 Å². The molecule has 0 saturated heterocycles. The van der Waals surface area contributed by atoms with Crippen LogP contribution in [-0.2, 0) is 13.0 Å². The Hall–Kier alpha value is -1.85. The van der Waals surface area contributed by atoms with Crippen molar-refractivity contribution in [1.82, 2.24) is 4.90 Å². The van der Waals surface area contributed by atoms with Crippen LogP contribution in [0.1, 0.15) is 21.5 Å². The van der Waals surface area contributed by atoms with Crippen LogP contribution in [-0.4, -0.2) is 31.5 Å². The molecule has 2 aromatic rings. The molecule has 0 aliphatic carbocycles. The summed E-state index contributed by atoms with van der Waals surface area (Å²) in [5, 5.41) is 2.97. The Morgan fingerprint density at radius 1 is 1.22 bits per heavy atom. The first-order chi connectivity index (χ1) is 11.1. The molecule has 0 bridgehead atoms. The molecule has 23 heavy (non-hydrogen) atoms. The maximum absolute atomic E-state index is 12.5. The second-order valence-electron chi connectivity index (χ2n) is 5.77. The maximum atomic E-state index is 12.5. The fourth-order valence-electron chi connectivity index (χ4n) is 2.78. The number of benzene rings is 2. The molecule has 1 aliphatic heterocycles. The van der Waals surface area contributed by atoms with Crippen molar-refractivity contribution in [3.05, 3.63) is 57.6 Å². The lowest BCUT2D eigenvalue weighted by molar-refractivity contribution is 0.102. The zero-order valence-corrected chi connectivity index (χ0v) is 14.8. The fourth-order valence-corrected chi connectivity index (χ4v) is 3.21. The van der Waals surface area contributed by atoms with E-state index in [4.69, 9.17) is 4.74 Å². The Bertz CT molecular complexity index is 746. The van der Waals surface area contributed by atoms with Crippen molar-refractivity contribution in [1.29, 1.82) is 0 Å². The average Bonchev–Trinajstić information content (AvgIpc) is 2.54. The van der Waals surface area contributed by atoms with Gasteiger partial charge in [0.15, 0.2) is 0 Å². The molecule has 0 aromatic heterocycles. The highest BCUT2D eigenvalue weighted by atomic mass is 79.9. The van der Waals surface area contributed by atoms with Crippen molar-refractivity contribution in [3.63, 3.8) is 0 Å². The average molecular weight is 375 g/mol. The van der Waals surface area contributed by atoms with Crippen molar-refractivity contribution < 1.29 is 9.53 Å². The van der Waals surface area contributed by atoms with Crippen molar-refractivity contribution >= 4 is 27.5 Å². The molecule has 3 rings (SSSR count). The Morgan fingerprint density at radius 3 is 2.83 bits per heavy atom. The van der Waals surface area contributed by atoms with Gasteiger partial charge in [-0.15, -0.1) is 0 Å². The number of carbonyl (C=O) groups excluding carboxylic acids is 1. The van der Waals surface area contributed by atoms with Gasteiger partial charge in [0.05, 0.1) is 12.7 Å². The molecular weight excluding hydrogens is 356 g/mol. The van der Waals surface area contributed by atoms with Gasteiger partial charge in [-0.3, -0.25) is 4.79 Å². The molecule has 1 amide bonds. The summed E-state index contributed by atoms with van der Waals surface area (Å²) in [6.07, 6.45) is 1.06. The number of fused-ring (bicyclic) bond motifs is 1. The molecule has 1 aliphatic rings. The van der Waals surface area contributed by atoms with Gasteiger partial charge in [-0.2, -0.15) is 0 Å². The minimum atomic E-state index is -0.153. The summed E-state index contributed by atoms with van der Waals surface area (Å²) in [7, 11) is 3.70. The van der Waals surface area contributed by atoms with E-state index in [-0.39, 0.29) is 5.91 Å². The van der Waals surface area contributed by atoms with Crippen LogP contribution in [0.2, 0.25) is 0 Å². The van der Waals surface area contributed by atoms with E-state index in [9.17, 15) is 4.79 Å². The maximum Gasteiger partial charge on any atom is 0.256 e. The summed E-state index contributed by atoms with van der Waals surface area (Å²) >= 11 is 3.42. The number of nitrogens with zero attached hydrogens (tertiary/aromatic N) is 1. The number of hydrogen-bond donors (Lipinski definition) is 1. The highest BCUT2D eigenvalue weighted by Gasteiger charge is 2.15. The van der Waals surface area contributed by atoms with Gasteiger partial charge in [0.25, 0.3) is 5.91 Å². The Balaban J connectivity index is 1.82. The first-order valence-corrected chi connectivity index (χ1v) is 8.31. The van der Waals surface area contributed by atoms with E-state index >= 15 is 0 Å². The van der Waals surface area contributed by atoms with Crippen molar-refractivity contribution in [2.75, 3.05) is 26.0 Å². The van der Waals surface area contributed by atoms with E-state index in [1.807, 2.05) is 18.2 Å². The number of nitrogens with one attached hydrogen (secondary N) is 1. The second-order valence-corrected chi connectivity index (χ2v) is 6.63.